The van der Waals surface area contributed by atoms with Gasteiger partial charge in [0, 0.05) is 0 Å². The summed E-state index contributed by atoms with van der Waals surface area (Å²) in [5, 5.41) is 0. The molecule has 0 amide bonds. The fourth-order valence-electron chi connectivity index (χ4n) is 0.751. The maximum absolute atomic E-state index is 2.18. The summed E-state index contributed by atoms with van der Waals surface area (Å²) in [6.45, 7) is 4.34. The summed E-state index contributed by atoms with van der Waals surface area (Å²) < 4.78 is 1.47. The quantitative estimate of drug-likeness (QED) is 0.640. The van der Waals surface area contributed by atoms with Crippen molar-refractivity contribution < 1.29 is 0 Å². The molecule has 0 aliphatic carbocycles. The van der Waals surface area contributed by atoms with Crippen LogP contribution in [0.5, 0.6) is 0 Å². The second kappa shape index (κ2) is 4.39. The van der Waals surface area contributed by atoms with Gasteiger partial charge < -0.3 is 0 Å². The van der Waals surface area contributed by atoms with Gasteiger partial charge in [-0.05, 0) is 0 Å². The van der Waals surface area contributed by atoms with Crippen LogP contribution in [0.25, 0.3) is 0 Å². The minimum absolute atomic E-state index is 0. The van der Waals surface area contributed by atoms with Crippen molar-refractivity contribution in [1.82, 2.24) is 0 Å². The summed E-state index contributed by atoms with van der Waals surface area (Å²) in [7, 11) is 0. The van der Waals surface area contributed by atoms with Gasteiger partial charge in [0.25, 0.3) is 0 Å². The molecule has 1 aromatic rings. The molecule has 0 aromatic heterocycles. The molecule has 53 valence electrons. The Hall–Kier alpha value is 0.499. The molecule has 1 rings (SSSR count). The van der Waals surface area contributed by atoms with E-state index >= 15 is 0 Å². The Morgan fingerprint density at radius 3 is 2.20 bits per heavy atom. The Morgan fingerprint density at radius 2 is 1.80 bits per heavy atom. The average molecular weight is 305 g/mol. The molecule has 0 bridgehead atoms. The zero-order valence-corrected chi connectivity index (χ0v) is 10.7. The van der Waals surface area contributed by atoms with Crippen LogP contribution < -0.4 is 3.58 Å². The molecule has 0 N–H and O–H groups in total. The molecule has 0 aliphatic heterocycles. The van der Waals surface area contributed by atoms with Gasteiger partial charge in [0.05, 0.1) is 0 Å². The monoisotopic (exact) mass is 305 g/mol. The summed E-state index contributed by atoms with van der Waals surface area (Å²) in [5.41, 5.74) is 2.86. The summed E-state index contributed by atoms with van der Waals surface area (Å²) in [5.74, 6) is 0. The Balaban J connectivity index is 0.000000810. The van der Waals surface area contributed by atoms with E-state index in [0.717, 1.165) is 0 Å². The van der Waals surface area contributed by atoms with Crippen LogP contribution in [0.15, 0.2) is 18.2 Å². The number of rotatable bonds is 0. The van der Waals surface area contributed by atoms with Crippen molar-refractivity contribution in [3.63, 3.8) is 0 Å². The zero-order valence-electron chi connectivity index (χ0n) is 6.14. The van der Waals surface area contributed by atoms with E-state index in [2.05, 4.69) is 32.0 Å². The molecule has 0 spiro atoms. The van der Waals surface area contributed by atoms with Gasteiger partial charge in [0.15, 0.2) is 0 Å². The third kappa shape index (κ3) is 2.27. The van der Waals surface area contributed by atoms with Gasteiger partial charge >= 0.3 is 69.3 Å². The fourth-order valence-corrected chi connectivity index (χ4v) is 1.59. The van der Waals surface area contributed by atoms with Crippen LogP contribution >= 0.6 is 17.0 Å². The predicted octanol–water partition coefficient (Wildman–Crippen LogP) is 1.68. The third-order valence-corrected chi connectivity index (χ3v) is 3.15. The van der Waals surface area contributed by atoms with Crippen molar-refractivity contribution in [2.24, 2.45) is 0 Å². The predicted molar refractivity (Wildman–Crippen MR) is 51.6 cm³/mol. The van der Waals surface area contributed by atoms with Crippen LogP contribution in [0.2, 0.25) is 0 Å². The first kappa shape index (κ1) is 10.5. The van der Waals surface area contributed by atoms with Gasteiger partial charge in [0.2, 0.25) is 0 Å². The Bertz CT molecular complexity index is 200. The first-order valence-corrected chi connectivity index (χ1v) is 4.42. The van der Waals surface area contributed by atoms with Crippen molar-refractivity contribution in [2.75, 3.05) is 0 Å². The van der Waals surface area contributed by atoms with Crippen LogP contribution in [0.1, 0.15) is 11.1 Å². The van der Waals surface area contributed by atoms with E-state index in [1.807, 2.05) is 0 Å². The summed E-state index contributed by atoms with van der Waals surface area (Å²) in [6, 6.07) is 6.45. The van der Waals surface area contributed by atoms with Crippen LogP contribution in [-0.4, -0.2) is 22.5 Å². The molecule has 0 saturated carbocycles. The summed E-state index contributed by atoms with van der Waals surface area (Å²) >= 11 is 1.51. The Labute approximate surface area is 85.9 Å². The van der Waals surface area contributed by atoms with Crippen molar-refractivity contribution in [2.45, 2.75) is 13.8 Å². The van der Waals surface area contributed by atoms with Crippen molar-refractivity contribution in [1.29, 1.82) is 0 Å². The van der Waals surface area contributed by atoms with Crippen LogP contribution in [0.4, 0.5) is 0 Å². The van der Waals surface area contributed by atoms with Crippen molar-refractivity contribution in [3.05, 3.63) is 29.3 Å². The standard InChI is InChI=1S/C8H9.BrH.Sn/c1-7-5-3-4-6-8(7)2;;/h3-5H,1-2H3;1H;. The maximum atomic E-state index is 2.18. The zero-order chi connectivity index (χ0) is 6.85. The molecule has 0 saturated heterocycles. The number of benzene rings is 1. The van der Waals surface area contributed by atoms with Gasteiger partial charge in [-0.25, -0.2) is 0 Å². The molecule has 0 atom stereocenters. The molecular weight excluding hydrogens is 295 g/mol. The minimum atomic E-state index is 0. The van der Waals surface area contributed by atoms with E-state index in [0.29, 0.717) is 0 Å². The molecule has 0 aliphatic rings. The normalized spacial score (nSPS) is 8.70. The number of hydrogen-bond acceptors (Lipinski definition) is 0. The molecular formula is C8H10BrSn. The molecule has 0 nitrogen and oxygen atoms in total. The molecule has 10 heavy (non-hydrogen) atoms. The molecule has 3 radical (unpaired) electrons. The van der Waals surface area contributed by atoms with E-state index in [1.54, 1.807) is 0 Å². The average Bonchev–Trinajstić information content (AvgIpc) is 1.83. The molecule has 0 fully saturated rings. The van der Waals surface area contributed by atoms with E-state index in [4.69, 9.17) is 0 Å². The van der Waals surface area contributed by atoms with Crippen LogP contribution in [0, 0.1) is 13.8 Å². The van der Waals surface area contributed by atoms with E-state index in [9.17, 15) is 0 Å². The topological polar surface area (TPSA) is 0 Å². The van der Waals surface area contributed by atoms with Crippen molar-refractivity contribution >= 4 is 43.1 Å². The molecule has 2 heteroatoms. The first-order chi connectivity index (χ1) is 4.22. The Morgan fingerprint density at radius 1 is 1.20 bits per heavy atom. The van der Waals surface area contributed by atoms with Crippen molar-refractivity contribution in [3.8, 4) is 0 Å². The van der Waals surface area contributed by atoms with Gasteiger partial charge in [-0.15, -0.1) is 17.0 Å². The first-order valence-electron chi connectivity index (χ1n) is 2.99. The summed E-state index contributed by atoms with van der Waals surface area (Å²) in [6.07, 6.45) is 0. The van der Waals surface area contributed by atoms with E-state index < -0.39 is 0 Å². The van der Waals surface area contributed by atoms with E-state index in [1.165, 1.54) is 37.2 Å². The molecule has 1 aromatic carbocycles. The number of aryl methyl sites for hydroxylation is 1. The third-order valence-electron chi connectivity index (χ3n) is 1.60. The fraction of sp³-hybridized carbons (Fsp3) is 0.250. The number of hydrogen-bond donors (Lipinski definition) is 0. The van der Waals surface area contributed by atoms with Gasteiger partial charge in [-0.3, -0.25) is 0 Å². The second-order valence-electron chi connectivity index (χ2n) is 2.25. The Kier molecular flexibility index (Phi) is 4.61. The van der Waals surface area contributed by atoms with E-state index in [-0.39, 0.29) is 17.0 Å². The van der Waals surface area contributed by atoms with Gasteiger partial charge in [-0.2, -0.15) is 0 Å². The molecule has 0 unspecified atom stereocenters. The van der Waals surface area contributed by atoms with Gasteiger partial charge in [-0.1, -0.05) is 0 Å². The SMILES string of the molecule is Br.Cc1ccc[c]([Sn])c1C. The van der Waals surface area contributed by atoms with Crippen LogP contribution in [0.3, 0.4) is 0 Å². The second-order valence-corrected chi connectivity index (χ2v) is 3.78. The number of halogens is 1. The molecule has 0 heterocycles. The summed E-state index contributed by atoms with van der Waals surface area (Å²) in [4.78, 5) is 0. The van der Waals surface area contributed by atoms with Gasteiger partial charge in [0.1, 0.15) is 0 Å². The van der Waals surface area contributed by atoms with Crippen LogP contribution in [-0.2, 0) is 0 Å².